The van der Waals surface area contributed by atoms with E-state index in [0.29, 0.717) is 5.56 Å². The van der Waals surface area contributed by atoms with Gasteiger partial charge in [0.2, 0.25) is 0 Å². The van der Waals surface area contributed by atoms with Gasteiger partial charge in [0.25, 0.3) is 5.91 Å². The van der Waals surface area contributed by atoms with Crippen LogP contribution in [0, 0.1) is 0 Å². The van der Waals surface area contributed by atoms with Crippen LogP contribution in [-0.4, -0.2) is 24.0 Å². The van der Waals surface area contributed by atoms with Crippen molar-refractivity contribution in [3.05, 3.63) is 66.4 Å². The maximum Gasteiger partial charge on any atom is 0.259 e. The molecule has 0 saturated carbocycles. The van der Waals surface area contributed by atoms with Gasteiger partial charge in [-0.1, -0.05) is 36.4 Å². The Labute approximate surface area is 141 Å². The van der Waals surface area contributed by atoms with Crippen LogP contribution >= 0.6 is 0 Å². The fraction of sp³-hybridized carbons (Fsp3) is 0.200. The third-order valence-corrected chi connectivity index (χ3v) is 4.47. The maximum atomic E-state index is 12.9. The molecule has 1 aliphatic heterocycles. The fourth-order valence-corrected chi connectivity index (χ4v) is 3.28. The first-order valence-corrected chi connectivity index (χ1v) is 8.32. The predicted molar refractivity (Wildman–Crippen MR) is 97.6 cm³/mol. The number of carbonyl (C=O) groups is 1. The van der Waals surface area contributed by atoms with Crippen LogP contribution in [0.3, 0.4) is 0 Å². The van der Waals surface area contributed by atoms with E-state index in [1.54, 1.807) is 6.20 Å². The molecule has 1 fully saturated rings. The van der Waals surface area contributed by atoms with Crippen molar-refractivity contribution in [2.24, 2.45) is 0 Å². The van der Waals surface area contributed by atoms with Crippen molar-refractivity contribution in [3.63, 3.8) is 0 Å². The lowest BCUT2D eigenvalue weighted by Crippen LogP contribution is -2.24. The Kier molecular flexibility index (Phi) is 3.87. The van der Waals surface area contributed by atoms with Gasteiger partial charge in [-0.2, -0.15) is 0 Å². The number of aromatic nitrogens is 1. The Morgan fingerprint density at radius 1 is 0.958 bits per heavy atom. The molecule has 0 unspecified atom stereocenters. The SMILES string of the molecule is O=C(Nc1cccc2ccccc12)c1cccnc1N1CCCC1. The highest BCUT2D eigenvalue weighted by atomic mass is 16.1. The van der Waals surface area contributed by atoms with Crippen LogP contribution < -0.4 is 10.2 Å². The van der Waals surface area contributed by atoms with Crippen LogP contribution in [0.15, 0.2) is 60.8 Å². The van der Waals surface area contributed by atoms with E-state index in [1.807, 2.05) is 54.6 Å². The highest BCUT2D eigenvalue weighted by molar-refractivity contribution is 6.11. The molecular weight excluding hydrogens is 298 g/mol. The Morgan fingerprint density at radius 2 is 1.75 bits per heavy atom. The van der Waals surface area contributed by atoms with Crippen molar-refractivity contribution in [3.8, 4) is 0 Å². The van der Waals surface area contributed by atoms with Gasteiger partial charge >= 0.3 is 0 Å². The highest BCUT2D eigenvalue weighted by Crippen LogP contribution is 2.26. The van der Waals surface area contributed by atoms with Crippen molar-refractivity contribution in [2.45, 2.75) is 12.8 Å². The standard InChI is InChI=1S/C20H19N3O/c24-20(17-10-6-12-21-19(17)23-13-3-4-14-23)22-18-11-5-8-15-7-1-2-9-16(15)18/h1-2,5-12H,3-4,13-14H2,(H,22,24). The van der Waals surface area contributed by atoms with E-state index in [1.165, 1.54) is 0 Å². The van der Waals surface area contributed by atoms with Gasteiger partial charge in [0.1, 0.15) is 5.82 Å². The Morgan fingerprint density at radius 3 is 2.62 bits per heavy atom. The van der Waals surface area contributed by atoms with E-state index >= 15 is 0 Å². The summed E-state index contributed by atoms with van der Waals surface area (Å²) in [6.45, 7) is 1.93. The van der Waals surface area contributed by atoms with Gasteiger partial charge < -0.3 is 10.2 Å². The van der Waals surface area contributed by atoms with Crippen molar-refractivity contribution in [2.75, 3.05) is 23.3 Å². The Balaban J connectivity index is 1.67. The third-order valence-electron chi connectivity index (χ3n) is 4.47. The van der Waals surface area contributed by atoms with Crippen molar-refractivity contribution >= 4 is 28.2 Å². The molecule has 4 nitrogen and oxygen atoms in total. The zero-order valence-electron chi connectivity index (χ0n) is 13.4. The number of amides is 1. The number of pyridine rings is 1. The molecule has 1 amide bonds. The minimum atomic E-state index is -0.110. The zero-order chi connectivity index (χ0) is 16.4. The summed E-state index contributed by atoms with van der Waals surface area (Å²) in [5.74, 6) is 0.675. The van der Waals surface area contributed by atoms with E-state index in [-0.39, 0.29) is 5.91 Å². The van der Waals surface area contributed by atoms with E-state index in [2.05, 4.69) is 15.2 Å². The molecule has 1 saturated heterocycles. The van der Waals surface area contributed by atoms with Crippen LogP contribution in [0.2, 0.25) is 0 Å². The van der Waals surface area contributed by atoms with Gasteiger partial charge in [0.15, 0.2) is 0 Å². The number of hydrogen-bond acceptors (Lipinski definition) is 3. The normalized spacial score (nSPS) is 14.1. The van der Waals surface area contributed by atoms with E-state index < -0.39 is 0 Å². The molecular formula is C20H19N3O. The summed E-state index contributed by atoms with van der Waals surface area (Å²) in [5, 5.41) is 5.21. The van der Waals surface area contributed by atoms with E-state index in [9.17, 15) is 4.79 Å². The average molecular weight is 317 g/mol. The molecule has 1 N–H and O–H groups in total. The summed E-state index contributed by atoms with van der Waals surface area (Å²) in [5.41, 5.74) is 1.46. The number of hydrogen-bond donors (Lipinski definition) is 1. The first-order chi connectivity index (χ1) is 11.8. The second-order valence-corrected chi connectivity index (χ2v) is 6.05. The van der Waals surface area contributed by atoms with Crippen molar-refractivity contribution < 1.29 is 4.79 Å². The second-order valence-electron chi connectivity index (χ2n) is 6.05. The minimum Gasteiger partial charge on any atom is -0.356 e. The van der Waals surface area contributed by atoms with Crippen LogP contribution in [-0.2, 0) is 0 Å². The molecule has 0 radical (unpaired) electrons. The number of rotatable bonds is 3. The van der Waals surface area contributed by atoms with Crippen molar-refractivity contribution in [1.82, 2.24) is 4.98 Å². The molecule has 0 atom stereocenters. The first-order valence-electron chi connectivity index (χ1n) is 8.32. The summed E-state index contributed by atoms with van der Waals surface area (Å²) in [7, 11) is 0. The molecule has 0 bridgehead atoms. The number of anilines is 2. The van der Waals surface area contributed by atoms with Crippen LogP contribution in [0.1, 0.15) is 23.2 Å². The topological polar surface area (TPSA) is 45.2 Å². The van der Waals surface area contributed by atoms with E-state index in [0.717, 1.165) is 48.2 Å². The lowest BCUT2D eigenvalue weighted by atomic mass is 10.1. The summed E-state index contributed by atoms with van der Waals surface area (Å²) in [4.78, 5) is 19.5. The molecule has 120 valence electrons. The van der Waals surface area contributed by atoms with E-state index in [4.69, 9.17) is 0 Å². The van der Waals surface area contributed by atoms with Gasteiger partial charge in [-0.25, -0.2) is 4.98 Å². The lowest BCUT2D eigenvalue weighted by Gasteiger charge is -2.19. The third kappa shape index (κ3) is 2.71. The number of fused-ring (bicyclic) bond motifs is 1. The van der Waals surface area contributed by atoms with Gasteiger partial charge in [-0.3, -0.25) is 4.79 Å². The molecule has 24 heavy (non-hydrogen) atoms. The molecule has 4 rings (SSSR count). The van der Waals surface area contributed by atoms with Crippen LogP contribution in [0.25, 0.3) is 10.8 Å². The maximum absolute atomic E-state index is 12.9. The van der Waals surface area contributed by atoms with Crippen LogP contribution in [0.4, 0.5) is 11.5 Å². The lowest BCUT2D eigenvalue weighted by molar-refractivity contribution is 0.102. The molecule has 0 spiro atoms. The van der Waals surface area contributed by atoms with Crippen molar-refractivity contribution in [1.29, 1.82) is 0 Å². The molecule has 1 aliphatic rings. The molecule has 1 aromatic heterocycles. The summed E-state index contributed by atoms with van der Waals surface area (Å²) in [6.07, 6.45) is 4.06. The smallest absolute Gasteiger partial charge is 0.259 e. The largest absolute Gasteiger partial charge is 0.356 e. The van der Waals surface area contributed by atoms with Gasteiger partial charge in [-0.05, 0) is 36.4 Å². The average Bonchev–Trinajstić information content (AvgIpc) is 3.16. The molecule has 2 aromatic carbocycles. The number of nitrogens with zero attached hydrogens (tertiary/aromatic N) is 2. The summed E-state index contributed by atoms with van der Waals surface area (Å²) in [6, 6.07) is 17.7. The second kappa shape index (κ2) is 6.32. The minimum absolute atomic E-state index is 0.110. The zero-order valence-corrected chi connectivity index (χ0v) is 13.4. The number of benzene rings is 2. The van der Waals surface area contributed by atoms with Gasteiger partial charge in [0.05, 0.1) is 5.56 Å². The van der Waals surface area contributed by atoms with Gasteiger partial charge in [-0.15, -0.1) is 0 Å². The highest BCUT2D eigenvalue weighted by Gasteiger charge is 2.20. The predicted octanol–water partition coefficient (Wildman–Crippen LogP) is 4.09. The Bertz CT molecular complexity index is 879. The number of nitrogens with one attached hydrogen (secondary N) is 1. The number of carbonyl (C=O) groups excluding carboxylic acids is 1. The Hall–Kier alpha value is -2.88. The summed E-state index contributed by atoms with van der Waals surface area (Å²) < 4.78 is 0. The molecule has 3 aromatic rings. The summed E-state index contributed by atoms with van der Waals surface area (Å²) >= 11 is 0. The van der Waals surface area contributed by atoms with Crippen LogP contribution in [0.5, 0.6) is 0 Å². The fourth-order valence-electron chi connectivity index (χ4n) is 3.28. The molecule has 0 aliphatic carbocycles. The first kappa shape index (κ1) is 14.7. The quantitative estimate of drug-likeness (QED) is 0.791. The molecule has 2 heterocycles. The van der Waals surface area contributed by atoms with Gasteiger partial charge in [0, 0.05) is 30.4 Å². The monoisotopic (exact) mass is 317 g/mol. The molecule has 4 heteroatoms.